The maximum atomic E-state index is 10.9. The van der Waals surface area contributed by atoms with Crippen LogP contribution >= 0.6 is 22.9 Å². The molecule has 1 rings (SSSR count). The van der Waals surface area contributed by atoms with E-state index in [2.05, 4.69) is 0 Å². The van der Waals surface area contributed by atoms with Crippen LogP contribution in [0.1, 0.15) is 11.8 Å². The highest BCUT2D eigenvalue weighted by molar-refractivity contribution is 7.11. The largest absolute Gasteiger partial charge is 0.463 e. The Hall–Kier alpha value is -0.800. The Morgan fingerprint density at radius 3 is 3.08 bits per heavy atom. The van der Waals surface area contributed by atoms with Crippen molar-refractivity contribution < 1.29 is 9.53 Å². The Labute approximate surface area is 85.8 Å². The molecule has 70 valence electrons. The number of halogens is 1. The quantitative estimate of drug-likeness (QED) is 0.574. The number of hydrogen-bond acceptors (Lipinski definition) is 3. The zero-order valence-electron chi connectivity index (χ0n) is 7.12. The second-order valence-electron chi connectivity index (χ2n) is 2.25. The SMILES string of the molecule is CCOC(=O)/C=C/c1cc(Cl)cs1. The first-order valence-corrected chi connectivity index (χ1v) is 5.07. The zero-order chi connectivity index (χ0) is 9.68. The van der Waals surface area contributed by atoms with Crippen LogP contribution in [0.4, 0.5) is 0 Å². The summed E-state index contributed by atoms with van der Waals surface area (Å²) >= 11 is 7.18. The van der Waals surface area contributed by atoms with Crippen LogP contribution in [0.3, 0.4) is 0 Å². The van der Waals surface area contributed by atoms with Gasteiger partial charge in [-0.05, 0) is 19.1 Å². The van der Waals surface area contributed by atoms with E-state index in [1.807, 2.05) is 5.38 Å². The van der Waals surface area contributed by atoms with Crippen molar-refractivity contribution >= 4 is 35.0 Å². The predicted octanol–water partition coefficient (Wildman–Crippen LogP) is 2.98. The van der Waals surface area contributed by atoms with Crippen LogP contribution in [0.25, 0.3) is 6.08 Å². The van der Waals surface area contributed by atoms with Crippen molar-refractivity contribution in [1.29, 1.82) is 0 Å². The zero-order valence-corrected chi connectivity index (χ0v) is 8.69. The van der Waals surface area contributed by atoms with Crippen molar-refractivity contribution in [2.45, 2.75) is 6.92 Å². The second-order valence-corrected chi connectivity index (χ2v) is 3.63. The number of rotatable bonds is 3. The molecule has 2 nitrogen and oxygen atoms in total. The summed E-state index contributed by atoms with van der Waals surface area (Å²) in [7, 11) is 0. The Bertz CT molecular complexity index is 317. The summed E-state index contributed by atoms with van der Waals surface area (Å²) in [6.45, 7) is 2.17. The Balaban J connectivity index is 2.53. The summed E-state index contributed by atoms with van der Waals surface area (Å²) in [4.78, 5) is 11.8. The lowest BCUT2D eigenvalue weighted by atomic mass is 10.4. The van der Waals surface area contributed by atoms with Gasteiger partial charge in [0.15, 0.2) is 0 Å². The van der Waals surface area contributed by atoms with E-state index in [4.69, 9.17) is 16.3 Å². The maximum Gasteiger partial charge on any atom is 0.330 e. The van der Waals surface area contributed by atoms with Crippen molar-refractivity contribution in [2.24, 2.45) is 0 Å². The molecular weight excluding hydrogens is 208 g/mol. The molecule has 0 saturated heterocycles. The van der Waals surface area contributed by atoms with Gasteiger partial charge >= 0.3 is 5.97 Å². The molecule has 1 aromatic heterocycles. The van der Waals surface area contributed by atoms with Gasteiger partial charge in [-0.1, -0.05) is 11.6 Å². The average Bonchev–Trinajstić information content (AvgIpc) is 2.49. The molecule has 0 aromatic carbocycles. The molecule has 0 aliphatic rings. The first-order valence-electron chi connectivity index (χ1n) is 3.81. The molecule has 0 aliphatic carbocycles. The second kappa shape index (κ2) is 5.04. The van der Waals surface area contributed by atoms with E-state index in [9.17, 15) is 4.79 Å². The Kier molecular flexibility index (Phi) is 3.99. The summed E-state index contributed by atoms with van der Waals surface area (Å²) in [6, 6.07) is 1.79. The summed E-state index contributed by atoms with van der Waals surface area (Å²) in [6.07, 6.45) is 3.08. The van der Waals surface area contributed by atoms with Gasteiger partial charge in [0.1, 0.15) is 0 Å². The molecule has 0 unspecified atom stereocenters. The molecule has 0 radical (unpaired) electrons. The topological polar surface area (TPSA) is 26.3 Å². The molecule has 1 heterocycles. The minimum atomic E-state index is -0.327. The van der Waals surface area contributed by atoms with E-state index in [1.165, 1.54) is 17.4 Å². The van der Waals surface area contributed by atoms with E-state index in [0.29, 0.717) is 11.6 Å². The van der Waals surface area contributed by atoms with Crippen LogP contribution < -0.4 is 0 Å². The number of esters is 1. The molecule has 0 aliphatic heterocycles. The van der Waals surface area contributed by atoms with E-state index >= 15 is 0 Å². The fourth-order valence-electron chi connectivity index (χ4n) is 0.756. The van der Waals surface area contributed by atoms with Crippen molar-refractivity contribution in [3.05, 3.63) is 27.4 Å². The molecule has 4 heteroatoms. The maximum absolute atomic E-state index is 10.9. The van der Waals surface area contributed by atoms with Crippen molar-refractivity contribution in [1.82, 2.24) is 0 Å². The van der Waals surface area contributed by atoms with Gasteiger partial charge in [0.2, 0.25) is 0 Å². The smallest absolute Gasteiger partial charge is 0.330 e. The van der Waals surface area contributed by atoms with Crippen LogP contribution in [-0.2, 0) is 9.53 Å². The fraction of sp³-hybridized carbons (Fsp3) is 0.222. The van der Waals surface area contributed by atoms with E-state index in [-0.39, 0.29) is 5.97 Å². The molecule has 13 heavy (non-hydrogen) atoms. The third kappa shape index (κ3) is 3.61. The Morgan fingerprint density at radius 1 is 1.77 bits per heavy atom. The number of hydrogen-bond donors (Lipinski definition) is 0. The van der Waals surface area contributed by atoms with Crippen LogP contribution in [0.15, 0.2) is 17.5 Å². The third-order valence-corrected chi connectivity index (χ3v) is 2.50. The molecule has 0 saturated carbocycles. The molecule has 0 atom stereocenters. The standard InChI is InChI=1S/C9H9ClO2S/c1-2-12-9(11)4-3-8-5-7(10)6-13-8/h3-6H,2H2,1H3/b4-3+. The van der Waals surface area contributed by atoms with Crippen molar-refractivity contribution in [3.8, 4) is 0 Å². The molecule has 0 spiro atoms. The number of thiophene rings is 1. The highest BCUT2D eigenvalue weighted by Crippen LogP contribution is 2.20. The predicted molar refractivity (Wildman–Crippen MR) is 55.0 cm³/mol. The van der Waals surface area contributed by atoms with Gasteiger partial charge in [0.25, 0.3) is 0 Å². The summed E-state index contributed by atoms with van der Waals surface area (Å²) < 4.78 is 4.72. The molecule has 0 bridgehead atoms. The van der Waals surface area contributed by atoms with Crippen LogP contribution in [0, 0.1) is 0 Å². The third-order valence-electron chi connectivity index (χ3n) is 1.26. The van der Waals surface area contributed by atoms with Crippen LogP contribution in [0.5, 0.6) is 0 Å². The van der Waals surface area contributed by atoms with Gasteiger partial charge in [0.05, 0.1) is 11.6 Å². The van der Waals surface area contributed by atoms with E-state index < -0.39 is 0 Å². The number of ether oxygens (including phenoxy) is 1. The van der Waals surface area contributed by atoms with Crippen LogP contribution in [0.2, 0.25) is 5.02 Å². The number of carbonyl (C=O) groups excluding carboxylic acids is 1. The minimum absolute atomic E-state index is 0.327. The van der Waals surface area contributed by atoms with Crippen LogP contribution in [-0.4, -0.2) is 12.6 Å². The van der Waals surface area contributed by atoms with Crippen molar-refractivity contribution in [3.63, 3.8) is 0 Å². The summed E-state index contributed by atoms with van der Waals surface area (Å²) in [5, 5.41) is 2.50. The summed E-state index contributed by atoms with van der Waals surface area (Å²) in [5.74, 6) is -0.327. The molecular formula is C9H9ClO2S. The number of carbonyl (C=O) groups is 1. The van der Waals surface area contributed by atoms with E-state index in [1.54, 1.807) is 19.1 Å². The van der Waals surface area contributed by atoms with Gasteiger partial charge < -0.3 is 4.74 Å². The molecule has 1 aromatic rings. The lowest BCUT2D eigenvalue weighted by Gasteiger charge is -1.92. The first-order chi connectivity index (χ1) is 6.22. The monoisotopic (exact) mass is 216 g/mol. The highest BCUT2D eigenvalue weighted by atomic mass is 35.5. The van der Waals surface area contributed by atoms with Gasteiger partial charge in [0, 0.05) is 16.3 Å². The minimum Gasteiger partial charge on any atom is -0.463 e. The van der Waals surface area contributed by atoms with Gasteiger partial charge in [-0.15, -0.1) is 11.3 Å². The highest BCUT2D eigenvalue weighted by Gasteiger charge is 1.96. The van der Waals surface area contributed by atoms with Gasteiger partial charge in [-0.3, -0.25) is 0 Å². The van der Waals surface area contributed by atoms with Crippen molar-refractivity contribution in [2.75, 3.05) is 6.61 Å². The lowest BCUT2D eigenvalue weighted by Crippen LogP contribution is -1.98. The lowest BCUT2D eigenvalue weighted by molar-refractivity contribution is -0.137. The normalized spacial score (nSPS) is 10.6. The fourth-order valence-corrected chi connectivity index (χ4v) is 1.73. The van der Waals surface area contributed by atoms with Gasteiger partial charge in [-0.2, -0.15) is 0 Å². The molecule has 0 N–H and O–H groups in total. The van der Waals surface area contributed by atoms with Gasteiger partial charge in [-0.25, -0.2) is 4.79 Å². The van der Waals surface area contributed by atoms with E-state index in [0.717, 1.165) is 4.88 Å². The summed E-state index contributed by atoms with van der Waals surface area (Å²) in [5.41, 5.74) is 0. The average molecular weight is 217 g/mol. The first kappa shape index (κ1) is 10.3. The molecule has 0 amide bonds. The molecule has 0 fully saturated rings. The Morgan fingerprint density at radius 2 is 2.54 bits per heavy atom.